The van der Waals surface area contributed by atoms with Crippen molar-refractivity contribution in [2.75, 3.05) is 6.54 Å². The average molecular weight is 335 g/mol. The lowest BCUT2D eigenvalue weighted by Gasteiger charge is -2.07. The molecule has 2 aromatic rings. The molecular formula is C16H19ClN4O2. The summed E-state index contributed by atoms with van der Waals surface area (Å²) in [5, 5.41) is 11.3. The Morgan fingerprint density at radius 2 is 2.13 bits per heavy atom. The molecule has 1 heterocycles. The van der Waals surface area contributed by atoms with Crippen LogP contribution < -0.4 is 10.9 Å². The van der Waals surface area contributed by atoms with E-state index in [4.69, 9.17) is 11.6 Å². The number of aromatic nitrogens is 3. The summed E-state index contributed by atoms with van der Waals surface area (Å²) in [6, 6.07) is 6.98. The van der Waals surface area contributed by atoms with E-state index in [9.17, 15) is 9.59 Å². The lowest BCUT2D eigenvalue weighted by molar-refractivity contribution is -0.121. The molecule has 0 saturated heterocycles. The molecule has 0 radical (unpaired) electrons. The minimum absolute atomic E-state index is 0.0983. The van der Waals surface area contributed by atoms with Gasteiger partial charge in [0, 0.05) is 30.0 Å². The van der Waals surface area contributed by atoms with Crippen LogP contribution in [0.15, 0.2) is 29.1 Å². The smallest absolute Gasteiger partial charge is 0.273 e. The second-order valence-electron chi connectivity index (χ2n) is 5.66. The maximum absolute atomic E-state index is 12.1. The molecule has 122 valence electrons. The Balaban J connectivity index is 2.03. The van der Waals surface area contributed by atoms with Crippen LogP contribution in [0.1, 0.15) is 26.0 Å². The molecule has 1 aromatic heterocycles. The molecule has 0 atom stereocenters. The zero-order valence-corrected chi connectivity index (χ0v) is 13.9. The highest BCUT2D eigenvalue weighted by Crippen LogP contribution is 2.17. The third-order valence-electron chi connectivity index (χ3n) is 3.16. The first-order valence-corrected chi connectivity index (χ1v) is 7.82. The summed E-state index contributed by atoms with van der Waals surface area (Å²) in [6.45, 7) is 4.66. The highest BCUT2D eigenvalue weighted by molar-refractivity contribution is 6.30. The van der Waals surface area contributed by atoms with Gasteiger partial charge in [0.25, 0.3) is 5.56 Å². The molecule has 0 bridgehead atoms. The Kier molecular flexibility index (Phi) is 5.87. The molecule has 2 rings (SSSR count). The maximum Gasteiger partial charge on any atom is 0.273 e. The highest BCUT2D eigenvalue weighted by atomic mass is 35.5. The second kappa shape index (κ2) is 7.87. The molecule has 0 fully saturated rings. The van der Waals surface area contributed by atoms with Crippen molar-refractivity contribution in [3.63, 3.8) is 0 Å². The highest BCUT2D eigenvalue weighted by Gasteiger charge is 2.10. The second-order valence-corrected chi connectivity index (χ2v) is 6.09. The molecule has 0 spiro atoms. The normalized spacial score (nSPS) is 10.8. The zero-order chi connectivity index (χ0) is 16.8. The van der Waals surface area contributed by atoms with Crippen LogP contribution in [-0.2, 0) is 11.2 Å². The van der Waals surface area contributed by atoms with Crippen LogP contribution >= 0.6 is 11.6 Å². The van der Waals surface area contributed by atoms with Crippen molar-refractivity contribution in [1.82, 2.24) is 20.5 Å². The van der Waals surface area contributed by atoms with E-state index in [-0.39, 0.29) is 30.0 Å². The Morgan fingerprint density at radius 3 is 2.78 bits per heavy atom. The van der Waals surface area contributed by atoms with Gasteiger partial charge in [-0.3, -0.25) is 9.59 Å². The molecule has 1 amide bonds. The van der Waals surface area contributed by atoms with E-state index >= 15 is 0 Å². The maximum atomic E-state index is 12.1. The van der Waals surface area contributed by atoms with Gasteiger partial charge in [0.15, 0.2) is 5.82 Å². The number of amides is 1. The van der Waals surface area contributed by atoms with Crippen LogP contribution in [-0.4, -0.2) is 27.6 Å². The first-order valence-electron chi connectivity index (χ1n) is 7.44. The lowest BCUT2D eigenvalue weighted by Crippen LogP contribution is -2.28. The summed E-state index contributed by atoms with van der Waals surface area (Å²) in [6.07, 6.45) is 0.461. The number of aromatic amines is 1. The summed E-state index contributed by atoms with van der Waals surface area (Å²) in [7, 11) is 0. The monoisotopic (exact) mass is 334 g/mol. The molecule has 7 heteroatoms. The van der Waals surface area contributed by atoms with E-state index in [2.05, 4.69) is 20.5 Å². The van der Waals surface area contributed by atoms with Crippen LogP contribution in [0, 0.1) is 5.92 Å². The summed E-state index contributed by atoms with van der Waals surface area (Å²) < 4.78 is 0. The molecule has 1 aromatic carbocycles. The number of hydrogen-bond donors (Lipinski definition) is 2. The molecule has 0 aliphatic heterocycles. The van der Waals surface area contributed by atoms with E-state index in [1.165, 1.54) is 0 Å². The number of nitrogens with zero attached hydrogens (tertiary/aromatic N) is 2. The van der Waals surface area contributed by atoms with Gasteiger partial charge in [-0.2, -0.15) is 0 Å². The van der Waals surface area contributed by atoms with Crippen LogP contribution in [0.4, 0.5) is 0 Å². The van der Waals surface area contributed by atoms with Gasteiger partial charge < -0.3 is 10.3 Å². The summed E-state index contributed by atoms with van der Waals surface area (Å²) >= 11 is 5.92. The number of carbonyl (C=O) groups excluding carboxylic acids is 1. The van der Waals surface area contributed by atoms with Gasteiger partial charge in [-0.1, -0.05) is 37.6 Å². The fourth-order valence-corrected chi connectivity index (χ4v) is 2.12. The van der Waals surface area contributed by atoms with Crippen molar-refractivity contribution in [2.45, 2.75) is 26.7 Å². The minimum Gasteiger partial charge on any atom is -0.356 e. The first-order chi connectivity index (χ1) is 11.0. The van der Waals surface area contributed by atoms with Crippen LogP contribution in [0.2, 0.25) is 5.02 Å². The van der Waals surface area contributed by atoms with E-state index in [0.29, 0.717) is 28.9 Å². The average Bonchev–Trinajstić information content (AvgIpc) is 2.51. The first kappa shape index (κ1) is 17.1. The number of aryl methyl sites for hydroxylation is 1. The summed E-state index contributed by atoms with van der Waals surface area (Å²) in [4.78, 5) is 26.4. The Labute approximate surface area is 139 Å². The van der Waals surface area contributed by atoms with Crippen molar-refractivity contribution in [3.8, 4) is 11.4 Å². The standard InChI is InChI=1S/C16H19ClN4O2/c1-10(2)9-18-14(22)7-6-13-16(23)19-15(21-20-13)11-4-3-5-12(17)8-11/h3-5,8,10H,6-7,9H2,1-2H3,(H,18,22)(H,19,21,23). The van der Waals surface area contributed by atoms with Gasteiger partial charge >= 0.3 is 0 Å². The van der Waals surface area contributed by atoms with Gasteiger partial charge in [-0.15, -0.1) is 10.2 Å². The molecule has 0 saturated carbocycles. The van der Waals surface area contributed by atoms with Gasteiger partial charge in [0.1, 0.15) is 5.69 Å². The van der Waals surface area contributed by atoms with Crippen molar-refractivity contribution in [1.29, 1.82) is 0 Å². The SMILES string of the molecule is CC(C)CNC(=O)CCc1nnc(-c2cccc(Cl)c2)[nH]c1=O. The van der Waals surface area contributed by atoms with Gasteiger partial charge in [0.05, 0.1) is 0 Å². The number of hydrogen-bond acceptors (Lipinski definition) is 4. The predicted molar refractivity (Wildman–Crippen MR) is 89.3 cm³/mol. The third-order valence-corrected chi connectivity index (χ3v) is 3.39. The van der Waals surface area contributed by atoms with Crippen molar-refractivity contribution < 1.29 is 4.79 Å². The summed E-state index contributed by atoms with van der Waals surface area (Å²) in [5.41, 5.74) is 0.588. The van der Waals surface area contributed by atoms with Crippen LogP contribution in [0.5, 0.6) is 0 Å². The van der Waals surface area contributed by atoms with Gasteiger partial charge in [-0.25, -0.2) is 0 Å². The van der Waals surface area contributed by atoms with Crippen LogP contribution in [0.3, 0.4) is 0 Å². The quantitative estimate of drug-likeness (QED) is 0.847. The molecule has 0 unspecified atom stereocenters. The van der Waals surface area contributed by atoms with Crippen LogP contribution in [0.25, 0.3) is 11.4 Å². The van der Waals surface area contributed by atoms with Crippen molar-refractivity contribution >= 4 is 17.5 Å². The Hall–Kier alpha value is -2.21. The molecule has 6 nitrogen and oxygen atoms in total. The van der Waals surface area contributed by atoms with Gasteiger partial charge in [-0.05, 0) is 18.1 Å². The molecule has 23 heavy (non-hydrogen) atoms. The number of rotatable bonds is 6. The largest absolute Gasteiger partial charge is 0.356 e. The summed E-state index contributed by atoms with van der Waals surface area (Å²) in [5.74, 6) is 0.642. The molecular weight excluding hydrogens is 316 g/mol. The number of H-pyrrole nitrogens is 1. The number of nitrogens with one attached hydrogen (secondary N) is 2. The topological polar surface area (TPSA) is 87.7 Å². The number of benzene rings is 1. The molecule has 0 aliphatic rings. The van der Waals surface area contributed by atoms with Gasteiger partial charge in [0.2, 0.25) is 5.91 Å². The predicted octanol–water partition coefficient (Wildman–Crippen LogP) is 2.19. The van der Waals surface area contributed by atoms with E-state index in [1.807, 2.05) is 13.8 Å². The fourth-order valence-electron chi connectivity index (χ4n) is 1.93. The molecule has 2 N–H and O–H groups in total. The van der Waals surface area contributed by atoms with Crippen molar-refractivity contribution in [2.24, 2.45) is 5.92 Å². The molecule has 0 aliphatic carbocycles. The zero-order valence-electron chi connectivity index (χ0n) is 13.1. The van der Waals surface area contributed by atoms with E-state index in [0.717, 1.165) is 0 Å². The minimum atomic E-state index is -0.341. The third kappa shape index (κ3) is 5.17. The number of halogens is 1. The fraction of sp³-hybridized carbons (Fsp3) is 0.375. The lowest BCUT2D eigenvalue weighted by atomic mass is 10.2. The van der Waals surface area contributed by atoms with E-state index < -0.39 is 0 Å². The Morgan fingerprint density at radius 1 is 1.35 bits per heavy atom. The van der Waals surface area contributed by atoms with Crippen molar-refractivity contribution in [3.05, 3.63) is 45.3 Å². The number of carbonyl (C=O) groups is 1. The Bertz CT molecular complexity index is 743. The van der Waals surface area contributed by atoms with E-state index in [1.54, 1.807) is 24.3 Å².